The molecule has 2 aromatic rings. The molecule has 0 fully saturated rings. The lowest BCUT2D eigenvalue weighted by Crippen LogP contribution is -2.08. The van der Waals surface area contributed by atoms with Crippen molar-refractivity contribution in [3.8, 4) is 0 Å². The molecule has 4 heteroatoms. The summed E-state index contributed by atoms with van der Waals surface area (Å²) in [6.45, 7) is 1.34. The minimum absolute atomic E-state index is 0.594. The summed E-state index contributed by atoms with van der Waals surface area (Å²) in [5.41, 5.74) is 7.35. The van der Waals surface area contributed by atoms with Crippen molar-refractivity contribution in [3.63, 3.8) is 0 Å². The van der Waals surface area contributed by atoms with E-state index in [-0.39, 0.29) is 0 Å². The Bertz CT molecular complexity index is 422. The van der Waals surface area contributed by atoms with E-state index >= 15 is 0 Å². The first kappa shape index (κ1) is 8.53. The number of hydrogen-bond acceptors (Lipinski definition) is 2. The number of fused-ring (bicyclic) bond motifs is 1. The normalized spacial score (nSPS) is 10.9. The molecule has 0 saturated heterocycles. The number of benzene rings is 1. The number of hydrogen-bond donors (Lipinski definition) is 1. The lowest BCUT2D eigenvalue weighted by molar-refractivity contribution is 0.728. The first-order valence-electron chi connectivity index (χ1n) is 4.12. The monoisotopic (exact) mass is 195 g/mol. The van der Waals surface area contributed by atoms with Gasteiger partial charge in [0.25, 0.3) is 0 Å². The molecule has 0 aliphatic carbocycles. The van der Waals surface area contributed by atoms with E-state index in [9.17, 15) is 0 Å². The molecule has 0 unspecified atom stereocenters. The predicted molar refractivity (Wildman–Crippen MR) is 53.8 cm³/mol. The van der Waals surface area contributed by atoms with Crippen LogP contribution in [0.2, 0.25) is 5.02 Å². The van der Waals surface area contributed by atoms with Crippen LogP contribution in [0, 0.1) is 0 Å². The van der Waals surface area contributed by atoms with Crippen LogP contribution in [0.5, 0.6) is 0 Å². The fraction of sp³-hybridized carbons (Fsp3) is 0.222. The molecule has 0 radical (unpaired) electrons. The van der Waals surface area contributed by atoms with Crippen LogP contribution >= 0.6 is 11.6 Å². The second kappa shape index (κ2) is 3.36. The molecule has 0 aliphatic rings. The molecule has 1 aromatic heterocycles. The third-order valence-corrected chi connectivity index (χ3v) is 2.26. The number of para-hydroxylation sites is 1. The Balaban J connectivity index is 2.64. The van der Waals surface area contributed by atoms with E-state index in [4.69, 9.17) is 17.3 Å². The topological polar surface area (TPSA) is 43.8 Å². The number of aromatic nitrogens is 2. The third-order valence-electron chi connectivity index (χ3n) is 1.96. The molecule has 0 aliphatic heterocycles. The molecule has 0 bridgehead atoms. The maximum absolute atomic E-state index is 6.04. The van der Waals surface area contributed by atoms with Gasteiger partial charge in [-0.25, -0.2) is 4.98 Å². The van der Waals surface area contributed by atoms with Gasteiger partial charge in [-0.15, -0.1) is 0 Å². The van der Waals surface area contributed by atoms with Gasteiger partial charge in [0.05, 0.1) is 22.4 Å². The maximum Gasteiger partial charge on any atom is 0.0959 e. The van der Waals surface area contributed by atoms with E-state index < -0.39 is 0 Å². The highest BCUT2D eigenvalue weighted by Gasteiger charge is 2.04. The van der Waals surface area contributed by atoms with Crippen LogP contribution in [0.4, 0.5) is 0 Å². The van der Waals surface area contributed by atoms with Crippen molar-refractivity contribution in [2.45, 2.75) is 6.54 Å². The van der Waals surface area contributed by atoms with Gasteiger partial charge in [-0.3, -0.25) is 0 Å². The molecule has 0 spiro atoms. The number of nitrogens with two attached hydrogens (primary N) is 1. The van der Waals surface area contributed by atoms with Crippen molar-refractivity contribution < 1.29 is 0 Å². The average molecular weight is 196 g/mol. The smallest absolute Gasteiger partial charge is 0.0959 e. The Morgan fingerprint density at radius 2 is 2.31 bits per heavy atom. The van der Waals surface area contributed by atoms with Crippen LogP contribution < -0.4 is 5.73 Å². The molecular formula is C9H10ClN3. The van der Waals surface area contributed by atoms with E-state index in [2.05, 4.69) is 4.98 Å². The molecule has 2 N–H and O–H groups in total. The van der Waals surface area contributed by atoms with Crippen molar-refractivity contribution >= 4 is 22.6 Å². The lowest BCUT2D eigenvalue weighted by Gasteiger charge is -2.01. The molecule has 1 heterocycles. The molecule has 0 saturated carbocycles. The van der Waals surface area contributed by atoms with Gasteiger partial charge in [0, 0.05) is 13.1 Å². The zero-order chi connectivity index (χ0) is 9.26. The minimum Gasteiger partial charge on any atom is -0.329 e. The summed E-state index contributed by atoms with van der Waals surface area (Å²) in [6.07, 6.45) is 1.77. The number of nitrogens with zero attached hydrogens (tertiary/aromatic N) is 2. The second-order valence-electron chi connectivity index (χ2n) is 2.83. The predicted octanol–water partition coefficient (Wildman–Crippen LogP) is 1.65. The van der Waals surface area contributed by atoms with Crippen molar-refractivity contribution in [2.75, 3.05) is 6.54 Å². The highest BCUT2D eigenvalue weighted by Crippen LogP contribution is 2.21. The zero-order valence-electron chi connectivity index (χ0n) is 7.07. The van der Waals surface area contributed by atoms with E-state index in [1.165, 1.54) is 0 Å². The van der Waals surface area contributed by atoms with Crippen LogP contribution in [-0.2, 0) is 6.54 Å². The minimum atomic E-state index is 0.594. The second-order valence-corrected chi connectivity index (χ2v) is 3.24. The third kappa shape index (κ3) is 1.41. The summed E-state index contributed by atoms with van der Waals surface area (Å²) in [7, 11) is 0. The highest BCUT2D eigenvalue weighted by molar-refractivity contribution is 6.34. The quantitative estimate of drug-likeness (QED) is 0.792. The Hall–Kier alpha value is -1.06. The SMILES string of the molecule is NCCn1cnc2cccc(Cl)c21. The fourth-order valence-corrected chi connectivity index (χ4v) is 1.67. The summed E-state index contributed by atoms with van der Waals surface area (Å²) in [6, 6.07) is 5.69. The average Bonchev–Trinajstić information content (AvgIpc) is 2.51. The van der Waals surface area contributed by atoms with Crippen LogP contribution in [-0.4, -0.2) is 16.1 Å². The van der Waals surface area contributed by atoms with E-state index in [0.717, 1.165) is 22.6 Å². The summed E-state index contributed by atoms with van der Waals surface area (Å²) in [5, 5.41) is 0.725. The summed E-state index contributed by atoms with van der Waals surface area (Å²) >= 11 is 6.04. The van der Waals surface area contributed by atoms with Gasteiger partial charge in [-0.1, -0.05) is 17.7 Å². The van der Waals surface area contributed by atoms with Crippen LogP contribution in [0.3, 0.4) is 0 Å². The number of rotatable bonds is 2. The molecule has 0 atom stereocenters. The van der Waals surface area contributed by atoms with Gasteiger partial charge in [-0.2, -0.15) is 0 Å². The van der Waals surface area contributed by atoms with Gasteiger partial charge in [0.15, 0.2) is 0 Å². The van der Waals surface area contributed by atoms with Crippen molar-refractivity contribution in [1.29, 1.82) is 0 Å². The largest absolute Gasteiger partial charge is 0.329 e. The van der Waals surface area contributed by atoms with Crippen molar-refractivity contribution in [3.05, 3.63) is 29.5 Å². The molecule has 1 aromatic carbocycles. The van der Waals surface area contributed by atoms with E-state index in [0.29, 0.717) is 6.54 Å². The van der Waals surface area contributed by atoms with Crippen LogP contribution in [0.25, 0.3) is 11.0 Å². The molecule has 2 rings (SSSR count). The fourth-order valence-electron chi connectivity index (χ4n) is 1.39. The van der Waals surface area contributed by atoms with Gasteiger partial charge >= 0.3 is 0 Å². The maximum atomic E-state index is 6.04. The molecule has 13 heavy (non-hydrogen) atoms. The van der Waals surface area contributed by atoms with E-state index in [1.54, 1.807) is 6.33 Å². The summed E-state index contributed by atoms with van der Waals surface area (Å²) < 4.78 is 1.97. The summed E-state index contributed by atoms with van der Waals surface area (Å²) in [4.78, 5) is 4.22. The summed E-state index contributed by atoms with van der Waals surface area (Å²) in [5.74, 6) is 0. The molecular weight excluding hydrogens is 186 g/mol. The number of halogens is 1. The molecule has 0 amide bonds. The van der Waals surface area contributed by atoms with E-state index in [1.807, 2.05) is 22.8 Å². The Morgan fingerprint density at radius 3 is 3.08 bits per heavy atom. The molecule has 3 nitrogen and oxygen atoms in total. The van der Waals surface area contributed by atoms with Gasteiger partial charge in [0.1, 0.15) is 0 Å². The highest BCUT2D eigenvalue weighted by atomic mass is 35.5. The Morgan fingerprint density at radius 1 is 1.46 bits per heavy atom. The number of imidazole rings is 1. The van der Waals surface area contributed by atoms with Crippen molar-refractivity contribution in [1.82, 2.24) is 9.55 Å². The van der Waals surface area contributed by atoms with Gasteiger partial charge in [0.2, 0.25) is 0 Å². The van der Waals surface area contributed by atoms with Gasteiger partial charge in [-0.05, 0) is 12.1 Å². The first-order chi connectivity index (χ1) is 6.33. The Labute approximate surface area is 81.1 Å². The standard InChI is InChI=1S/C9H10ClN3/c10-7-2-1-3-8-9(7)13(5-4-11)6-12-8/h1-3,6H,4-5,11H2. The van der Waals surface area contributed by atoms with Crippen LogP contribution in [0.15, 0.2) is 24.5 Å². The first-order valence-corrected chi connectivity index (χ1v) is 4.50. The molecule has 68 valence electrons. The zero-order valence-corrected chi connectivity index (χ0v) is 7.83. The van der Waals surface area contributed by atoms with Crippen molar-refractivity contribution in [2.24, 2.45) is 5.73 Å². The van der Waals surface area contributed by atoms with Gasteiger partial charge < -0.3 is 10.3 Å². The van der Waals surface area contributed by atoms with Crippen LogP contribution in [0.1, 0.15) is 0 Å². The Kier molecular flexibility index (Phi) is 2.20. The lowest BCUT2D eigenvalue weighted by atomic mass is 10.3.